The van der Waals surface area contributed by atoms with Crippen LogP contribution in [0.2, 0.25) is 5.02 Å². The van der Waals surface area contributed by atoms with Gasteiger partial charge in [-0.05, 0) is 18.6 Å². The molecule has 0 saturated carbocycles. The minimum absolute atomic E-state index is 0.0324. The van der Waals surface area contributed by atoms with Crippen molar-refractivity contribution in [2.75, 3.05) is 11.9 Å². The summed E-state index contributed by atoms with van der Waals surface area (Å²) in [6, 6.07) is 7.89. The molecule has 0 bridgehead atoms. The predicted octanol–water partition coefficient (Wildman–Crippen LogP) is 3.45. The van der Waals surface area contributed by atoms with Gasteiger partial charge in [0, 0.05) is 35.7 Å². The Morgan fingerprint density at radius 2 is 2.17 bits per heavy atom. The molecule has 1 heterocycles. The second-order valence-electron chi connectivity index (χ2n) is 4.28. The molecular weight excluding hydrogens is 266 g/mol. The summed E-state index contributed by atoms with van der Waals surface area (Å²) in [6.45, 7) is 2.71. The van der Waals surface area contributed by atoms with Gasteiger partial charge in [-0.3, -0.25) is 0 Å². The van der Waals surface area contributed by atoms with Crippen LogP contribution in [0.5, 0.6) is 0 Å². The number of thiazole rings is 1. The summed E-state index contributed by atoms with van der Waals surface area (Å²) in [7, 11) is 2.01. The number of halogens is 1. The van der Waals surface area contributed by atoms with Crippen LogP contribution >= 0.6 is 22.9 Å². The van der Waals surface area contributed by atoms with E-state index in [1.807, 2.05) is 44.4 Å². The molecule has 1 aromatic carbocycles. The quantitative estimate of drug-likeness (QED) is 0.933. The maximum atomic E-state index is 6.15. The van der Waals surface area contributed by atoms with E-state index in [0.29, 0.717) is 0 Å². The van der Waals surface area contributed by atoms with Crippen LogP contribution in [-0.4, -0.2) is 12.0 Å². The fourth-order valence-electron chi connectivity index (χ4n) is 1.61. The Balaban J connectivity index is 2.12. The van der Waals surface area contributed by atoms with Gasteiger partial charge in [-0.2, -0.15) is 0 Å². The molecule has 0 radical (unpaired) electrons. The Bertz CT molecular complexity index is 524. The number of rotatable bonds is 4. The molecule has 0 aliphatic rings. The summed E-state index contributed by atoms with van der Waals surface area (Å²) in [5.74, 6) is 0. The van der Waals surface area contributed by atoms with Crippen molar-refractivity contribution in [1.82, 2.24) is 4.98 Å². The normalized spacial score (nSPS) is 12.4. The summed E-state index contributed by atoms with van der Waals surface area (Å²) < 4.78 is 0. The van der Waals surface area contributed by atoms with Crippen molar-refractivity contribution in [2.45, 2.75) is 19.5 Å². The predicted molar refractivity (Wildman–Crippen MR) is 78.3 cm³/mol. The van der Waals surface area contributed by atoms with E-state index in [2.05, 4.69) is 9.88 Å². The van der Waals surface area contributed by atoms with Gasteiger partial charge in [-0.1, -0.05) is 29.8 Å². The largest absolute Gasteiger partial charge is 0.347 e. The molecule has 0 amide bonds. The molecule has 5 heteroatoms. The Kier molecular flexibility index (Phi) is 4.22. The third-order valence-corrected chi connectivity index (χ3v) is 4.33. The maximum absolute atomic E-state index is 6.15. The van der Waals surface area contributed by atoms with Gasteiger partial charge in [0.2, 0.25) is 0 Å². The van der Waals surface area contributed by atoms with E-state index in [-0.39, 0.29) is 6.04 Å². The third-order valence-electron chi connectivity index (χ3n) is 2.65. The Morgan fingerprint density at radius 3 is 2.78 bits per heavy atom. The lowest BCUT2D eigenvalue weighted by molar-refractivity contribution is 0.835. The molecule has 0 saturated heterocycles. The highest BCUT2D eigenvalue weighted by molar-refractivity contribution is 7.15. The Morgan fingerprint density at radius 1 is 1.44 bits per heavy atom. The lowest BCUT2D eigenvalue weighted by Gasteiger charge is -2.16. The summed E-state index contributed by atoms with van der Waals surface area (Å²) in [6.07, 6.45) is 1.84. The number of aromatic nitrogens is 1. The van der Waals surface area contributed by atoms with E-state index in [9.17, 15) is 0 Å². The van der Waals surface area contributed by atoms with Crippen LogP contribution in [-0.2, 0) is 6.54 Å². The van der Waals surface area contributed by atoms with E-state index in [4.69, 9.17) is 17.3 Å². The van der Waals surface area contributed by atoms with Crippen LogP contribution in [0.3, 0.4) is 0 Å². The standard InChI is InChI=1S/C13H16ClN3S/c1-9(15)12-7-16-13(18-12)17(2)8-10-5-3-4-6-11(10)14/h3-7,9H,8,15H2,1-2H3. The molecule has 1 atom stereocenters. The first-order chi connectivity index (χ1) is 8.58. The van der Waals surface area contributed by atoms with E-state index < -0.39 is 0 Å². The van der Waals surface area contributed by atoms with Crippen molar-refractivity contribution in [3.63, 3.8) is 0 Å². The van der Waals surface area contributed by atoms with Crippen LogP contribution in [0, 0.1) is 0 Å². The third kappa shape index (κ3) is 3.02. The molecule has 2 N–H and O–H groups in total. The second-order valence-corrected chi connectivity index (χ2v) is 5.73. The summed E-state index contributed by atoms with van der Waals surface area (Å²) in [5, 5.41) is 1.75. The van der Waals surface area contributed by atoms with Gasteiger partial charge in [-0.25, -0.2) is 4.98 Å². The lowest BCUT2D eigenvalue weighted by Crippen LogP contribution is -2.16. The first kappa shape index (κ1) is 13.3. The fraction of sp³-hybridized carbons (Fsp3) is 0.308. The van der Waals surface area contributed by atoms with E-state index in [1.165, 1.54) is 0 Å². The van der Waals surface area contributed by atoms with Gasteiger partial charge in [-0.15, -0.1) is 11.3 Å². The molecule has 1 unspecified atom stereocenters. The Labute approximate surface area is 116 Å². The van der Waals surface area contributed by atoms with Gasteiger partial charge >= 0.3 is 0 Å². The molecule has 2 rings (SSSR count). The molecule has 1 aromatic heterocycles. The van der Waals surface area contributed by atoms with Crippen LogP contribution in [0.15, 0.2) is 30.5 Å². The van der Waals surface area contributed by atoms with Gasteiger partial charge in [0.05, 0.1) is 0 Å². The van der Waals surface area contributed by atoms with Crippen molar-refractivity contribution >= 4 is 28.1 Å². The minimum Gasteiger partial charge on any atom is -0.347 e. The highest BCUT2D eigenvalue weighted by Crippen LogP contribution is 2.27. The van der Waals surface area contributed by atoms with Crippen LogP contribution in [0.25, 0.3) is 0 Å². The fourth-order valence-corrected chi connectivity index (χ4v) is 2.64. The maximum Gasteiger partial charge on any atom is 0.185 e. The SMILES string of the molecule is CC(N)c1cnc(N(C)Cc2ccccc2Cl)s1. The molecule has 18 heavy (non-hydrogen) atoms. The number of nitrogens with two attached hydrogens (primary N) is 1. The van der Waals surface area contributed by atoms with Gasteiger partial charge in [0.25, 0.3) is 0 Å². The van der Waals surface area contributed by atoms with Crippen molar-refractivity contribution in [3.05, 3.63) is 45.9 Å². The lowest BCUT2D eigenvalue weighted by atomic mass is 10.2. The van der Waals surface area contributed by atoms with Crippen LogP contribution < -0.4 is 10.6 Å². The van der Waals surface area contributed by atoms with Crippen molar-refractivity contribution in [2.24, 2.45) is 5.73 Å². The molecule has 96 valence electrons. The number of hydrogen-bond donors (Lipinski definition) is 1. The van der Waals surface area contributed by atoms with E-state index in [1.54, 1.807) is 11.3 Å². The number of anilines is 1. The molecule has 0 aliphatic heterocycles. The van der Waals surface area contributed by atoms with Crippen LogP contribution in [0.4, 0.5) is 5.13 Å². The van der Waals surface area contributed by atoms with Crippen molar-refractivity contribution in [1.29, 1.82) is 0 Å². The zero-order valence-electron chi connectivity index (χ0n) is 10.4. The molecule has 3 nitrogen and oxygen atoms in total. The van der Waals surface area contributed by atoms with Crippen molar-refractivity contribution in [3.8, 4) is 0 Å². The highest BCUT2D eigenvalue weighted by Gasteiger charge is 2.11. The topological polar surface area (TPSA) is 42.1 Å². The van der Waals surface area contributed by atoms with Crippen molar-refractivity contribution < 1.29 is 0 Å². The molecule has 0 fully saturated rings. The molecule has 0 aliphatic carbocycles. The summed E-state index contributed by atoms with van der Waals surface area (Å²) >= 11 is 7.77. The number of hydrogen-bond acceptors (Lipinski definition) is 4. The average molecular weight is 282 g/mol. The van der Waals surface area contributed by atoms with E-state index in [0.717, 1.165) is 27.1 Å². The zero-order chi connectivity index (χ0) is 13.1. The van der Waals surface area contributed by atoms with Gasteiger partial charge in [0.1, 0.15) is 0 Å². The summed E-state index contributed by atoms with van der Waals surface area (Å²) in [5.41, 5.74) is 6.93. The minimum atomic E-state index is 0.0324. The molecule has 2 aromatic rings. The molecular formula is C13H16ClN3S. The summed E-state index contributed by atoms with van der Waals surface area (Å²) in [4.78, 5) is 7.56. The number of benzene rings is 1. The average Bonchev–Trinajstić information content (AvgIpc) is 2.81. The first-order valence-corrected chi connectivity index (χ1v) is 6.93. The Hall–Kier alpha value is -1.10. The van der Waals surface area contributed by atoms with Crippen LogP contribution in [0.1, 0.15) is 23.4 Å². The van der Waals surface area contributed by atoms with Gasteiger partial charge < -0.3 is 10.6 Å². The van der Waals surface area contributed by atoms with E-state index >= 15 is 0 Å². The highest BCUT2D eigenvalue weighted by atomic mass is 35.5. The zero-order valence-corrected chi connectivity index (χ0v) is 12.0. The first-order valence-electron chi connectivity index (χ1n) is 5.74. The monoisotopic (exact) mass is 281 g/mol. The smallest absolute Gasteiger partial charge is 0.185 e. The number of nitrogens with zero attached hydrogens (tertiary/aromatic N) is 2. The second kappa shape index (κ2) is 5.69. The van der Waals surface area contributed by atoms with Gasteiger partial charge in [0.15, 0.2) is 5.13 Å². The molecule has 0 spiro atoms.